The Morgan fingerprint density at radius 3 is 2.33 bits per heavy atom. The molecular weight excluding hydrogens is 242 g/mol. The summed E-state index contributed by atoms with van der Waals surface area (Å²) < 4.78 is 0.173. The van der Waals surface area contributed by atoms with Crippen molar-refractivity contribution < 1.29 is 0 Å². The highest BCUT2D eigenvalue weighted by molar-refractivity contribution is 8.00. The van der Waals surface area contributed by atoms with Crippen molar-refractivity contribution in [2.45, 2.75) is 64.2 Å². The number of thioether (sulfide) groups is 1. The smallest absolute Gasteiger partial charge is 0.133 e. The zero-order chi connectivity index (χ0) is 13.8. The minimum atomic E-state index is 0.173. The molecule has 1 aromatic heterocycles. The molecule has 0 amide bonds. The minimum Gasteiger partial charge on any atom is -0.370 e. The summed E-state index contributed by atoms with van der Waals surface area (Å²) in [6.45, 7) is 13.9. The third-order valence-corrected chi connectivity index (χ3v) is 3.57. The number of aryl methyl sites for hydroxylation is 1. The number of hydrogen-bond acceptors (Lipinski definition) is 4. The molecule has 0 aliphatic heterocycles. The molecule has 0 atom stereocenters. The molecule has 0 saturated carbocycles. The number of aromatic nitrogens is 2. The van der Waals surface area contributed by atoms with Crippen LogP contribution in [-0.2, 0) is 6.42 Å². The second-order valence-electron chi connectivity index (χ2n) is 5.41. The van der Waals surface area contributed by atoms with Gasteiger partial charge in [-0.2, -0.15) is 0 Å². The lowest BCUT2D eigenvalue weighted by Crippen LogP contribution is -2.12. The van der Waals surface area contributed by atoms with Crippen molar-refractivity contribution in [3.05, 3.63) is 11.4 Å². The number of nitrogens with one attached hydrogen (secondary N) is 1. The van der Waals surface area contributed by atoms with Crippen molar-refractivity contribution in [2.24, 2.45) is 0 Å². The van der Waals surface area contributed by atoms with E-state index < -0.39 is 0 Å². The third kappa shape index (κ3) is 4.48. The highest BCUT2D eigenvalue weighted by atomic mass is 32.2. The minimum absolute atomic E-state index is 0.173. The molecule has 3 nitrogen and oxygen atoms in total. The fourth-order valence-corrected chi connectivity index (χ4v) is 2.59. The first-order chi connectivity index (χ1) is 8.37. The van der Waals surface area contributed by atoms with Crippen molar-refractivity contribution in [1.29, 1.82) is 0 Å². The summed E-state index contributed by atoms with van der Waals surface area (Å²) in [6, 6.07) is 0. The Morgan fingerprint density at radius 1 is 1.17 bits per heavy atom. The molecule has 1 aromatic rings. The molecule has 0 aromatic carbocycles. The number of rotatable bonds is 5. The molecule has 0 aliphatic rings. The van der Waals surface area contributed by atoms with Gasteiger partial charge < -0.3 is 5.32 Å². The fraction of sp³-hybridized carbons (Fsp3) is 0.714. The average molecular weight is 267 g/mol. The Labute approximate surface area is 115 Å². The second-order valence-corrected chi connectivity index (χ2v) is 7.23. The predicted molar refractivity (Wildman–Crippen MR) is 80.5 cm³/mol. The van der Waals surface area contributed by atoms with E-state index in [-0.39, 0.29) is 4.75 Å². The zero-order valence-electron chi connectivity index (χ0n) is 12.4. The van der Waals surface area contributed by atoms with Crippen LogP contribution in [0.4, 0.5) is 5.82 Å². The molecule has 0 unspecified atom stereocenters. The average Bonchev–Trinajstić information content (AvgIpc) is 2.23. The largest absolute Gasteiger partial charge is 0.370 e. The van der Waals surface area contributed by atoms with Crippen LogP contribution in [0.25, 0.3) is 0 Å². The molecule has 0 radical (unpaired) electrons. The topological polar surface area (TPSA) is 37.8 Å². The molecule has 1 heterocycles. The van der Waals surface area contributed by atoms with Crippen LogP contribution in [0.1, 0.15) is 52.4 Å². The quantitative estimate of drug-likeness (QED) is 0.645. The van der Waals surface area contributed by atoms with E-state index in [1.165, 1.54) is 0 Å². The first-order valence-electron chi connectivity index (χ1n) is 6.67. The lowest BCUT2D eigenvalue weighted by atomic mass is 10.2. The van der Waals surface area contributed by atoms with Crippen LogP contribution < -0.4 is 5.32 Å². The van der Waals surface area contributed by atoms with Gasteiger partial charge in [0, 0.05) is 23.3 Å². The molecule has 102 valence electrons. The molecule has 0 aliphatic carbocycles. The third-order valence-electron chi connectivity index (χ3n) is 2.37. The lowest BCUT2D eigenvalue weighted by Gasteiger charge is -2.20. The summed E-state index contributed by atoms with van der Waals surface area (Å²) in [5.41, 5.74) is 1.16. The molecule has 0 bridgehead atoms. The number of nitrogens with zero attached hydrogens (tertiary/aromatic N) is 2. The van der Waals surface area contributed by atoms with E-state index in [9.17, 15) is 0 Å². The molecular formula is C14H25N3S. The summed E-state index contributed by atoms with van der Waals surface area (Å²) in [7, 11) is 0. The van der Waals surface area contributed by atoms with E-state index in [4.69, 9.17) is 4.98 Å². The summed E-state index contributed by atoms with van der Waals surface area (Å²) in [5, 5.41) is 4.44. The summed E-state index contributed by atoms with van der Waals surface area (Å²) >= 11 is 1.82. The highest BCUT2D eigenvalue weighted by Crippen LogP contribution is 2.34. The normalized spacial score (nSPS) is 11.7. The van der Waals surface area contributed by atoms with Crippen molar-refractivity contribution in [3.8, 4) is 0 Å². The Bertz CT molecular complexity index is 397. The van der Waals surface area contributed by atoms with Gasteiger partial charge in [0.1, 0.15) is 16.7 Å². The summed E-state index contributed by atoms with van der Waals surface area (Å²) in [4.78, 5) is 9.31. The van der Waals surface area contributed by atoms with E-state index in [1.807, 2.05) is 11.8 Å². The molecule has 1 rings (SSSR count). The van der Waals surface area contributed by atoms with Gasteiger partial charge in [0.2, 0.25) is 0 Å². The van der Waals surface area contributed by atoms with Gasteiger partial charge in [0.05, 0.1) is 0 Å². The monoisotopic (exact) mass is 267 g/mol. The molecule has 0 spiro atoms. The van der Waals surface area contributed by atoms with Crippen LogP contribution >= 0.6 is 11.8 Å². The van der Waals surface area contributed by atoms with Gasteiger partial charge in [0.15, 0.2) is 0 Å². The van der Waals surface area contributed by atoms with Crippen LogP contribution in [0, 0.1) is 6.92 Å². The van der Waals surface area contributed by atoms with Gasteiger partial charge in [-0.05, 0) is 20.3 Å². The van der Waals surface area contributed by atoms with Gasteiger partial charge in [0.25, 0.3) is 0 Å². The summed E-state index contributed by atoms with van der Waals surface area (Å²) in [6.07, 6.45) is 2.02. The Hall–Kier alpha value is -0.770. The molecule has 1 N–H and O–H groups in total. The van der Waals surface area contributed by atoms with Crippen LogP contribution in [0.15, 0.2) is 5.03 Å². The maximum absolute atomic E-state index is 4.70. The van der Waals surface area contributed by atoms with Crippen molar-refractivity contribution in [1.82, 2.24) is 9.97 Å². The molecule has 0 saturated heterocycles. The standard InChI is InChI=1S/C14H25N3S/c1-7-9-11-16-12(15-8-2)10(3)13(17-11)18-14(4,5)6/h7-9H2,1-6H3,(H,15,16,17). The second kappa shape index (κ2) is 6.41. The van der Waals surface area contributed by atoms with E-state index >= 15 is 0 Å². The van der Waals surface area contributed by atoms with Crippen molar-refractivity contribution in [2.75, 3.05) is 11.9 Å². The van der Waals surface area contributed by atoms with Gasteiger partial charge in [-0.25, -0.2) is 9.97 Å². The van der Waals surface area contributed by atoms with Gasteiger partial charge >= 0.3 is 0 Å². The van der Waals surface area contributed by atoms with Gasteiger partial charge in [-0.15, -0.1) is 11.8 Å². The molecule has 0 fully saturated rings. The lowest BCUT2D eigenvalue weighted by molar-refractivity contribution is 0.778. The predicted octanol–water partition coefficient (Wildman–Crippen LogP) is 4.06. The van der Waals surface area contributed by atoms with Crippen LogP contribution in [0.3, 0.4) is 0 Å². The first-order valence-corrected chi connectivity index (χ1v) is 7.49. The van der Waals surface area contributed by atoms with Crippen molar-refractivity contribution >= 4 is 17.6 Å². The molecule has 18 heavy (non-hydrogen) atoms. The van der Waals surface area contributed by atoms with E-state index in [1.54, 1.807) is 0 Å². The number of hydrogen-bond donors (Lipinski definition) is 1. The van der Waals surface area contributed by atoms with E-state index in [2.05, 4.69) is 51.8 Å². The Balaban J connectivity index is 3.13. The maximum Gasteiger partial charge on any atom is 0.133 e. The molecule has 4 heteroatoms. The van der Waals surface area contributed by atoms with Crippen molar-refractivity contribution in [3.63, 3.8) is 0 Å². The summed E-state index contributed by atoms with van der Waals surface area (Å²) in [5.74, 6) is 1.94. The zero-order valence-corrected chi connectivity index (χ0v) is 13.2. The van der Waals surface area contributed by atoms with Crippen LogP contribution in [-0.4, -0.2) is 21.3 Å². The van der Waals surface area contributed by atoms with E-state index in [0.717, 1.165) is 41.6 Å². The van der Waals surface area contributed by atoms with Crippen LogP contribution in [0.2, 0.25) is 0 Å². The SMILES string of the molecule is CCCc1nc(NCC)c(C)c(SC(C)(C)C)n1. The first kappa shape index (κ1) is 15.3. The Kier molecular flexibility index (Phi) is 5.45. The van der Waals surface area contributed by atoms with E-state index in [0.29, 0.717) is 0 Å². The van der Waals surface area contributed by atoms with Gasteiger partial charge in [-0.1, -0.05) is 27.7 Å². The highest BCUT2D eigenvalue weighted by Gasteiger charge is 2.18. The number of anilines is 1. The fourth-order valence-electron chi connectivity index (χ4n) is 1.60. The maximum atomic E-state index is 4.70. The van der Waals surface area contributed by atoms with Crippen LogP contribution in [0.5, 0.6) is 0 Å². The Morgan fingerprint density at radius 2 is 1.83 bits per heavy atom. The van der Waals surface area contributed by atoms with Gasteiger partial charge in [-0.3, -0.25) is 0 Å².